The summed E-state index contributed by atoms with van der Waals surface area (Å²) in [5, 5.41) is 1.39. The van der Waals surface area contributed by atoms with E-state index in [-0.39, 0.29) is 17.5 Å². The van der Waals surface area contributed by atoms with Crippen molar-refractivity contribution in [3.63, 3.8) is 0 Å². The molecule has 0 spiro atoms. The zero-order valence-corrected chi connectivity index (χ0v) is 14.2. The minimum absolute atomic E-state index is 0.0485. The van der Waals surface area contributed by atoms with Gasteiger partial charge in [-0.1, -0.05) is 42.5 Å². The Bertz CT molecular complexity index is 1010. The number of aryl methyl sites for hydroxylation is 1. The van der Waals surface area contributed by atoms with Crippen LogP contribution in [-0.2, 0) is 6.42 Å². The lowest BCUT2D eigenvalue weighted by atomic mass is 9.87. The number of benzene rings is 2. The summed E-state index contributed by atoms with van der Waals surface area (Å²) in [6.07, 6.45) is 3.06. The molecule has 4 nitrogen and oxygen atoms in total. The fraction of sp³-hybridized carbons (Fsp3) is 0.238. The van der Waals surface area contributed by atoms with E-state index in [1.807, 2.05) is 37.4 Å². The van der Waals surface area contributed by atoms with Crippen LogP contribution in [0.5, 0.6) is 0 Å². The summed E-state index contributed by atoms with van der Waals surface area (Å²) in [4.78, 5) is 29.8. The molecule has 0 saturated carbocycles. The molecule has 0 saturated heterocycles. The Morgan fingerprint density at radius 3 is 2.76 bits per heavy atom. The second-order valence-corrected chi connectivity index (χ2v) is 6.62. The van der Waals surface area contributed by atoms with Gasteiger partial charge < -0.3 is 9.88 Å². The number of nitrogens with zero attached hydrogens (tertiary/aromatic N) is 1. The Labute approximate surface area is 146 Å². The Morgan fingerprint density at radius 1 is 1.12 bits per heavy atom. The summed E-state index contributed by atoms with van der Waals surface area (Å²) < 4.78 is 0. The van der Waals surface area contributed by atoms with Gasteiger partial charge >= 0.3 is 0 Å². The molecule has 0 aliphatic heterocycles. The van der Waals surface area contributed by atoms with Gasteiger partial charge in [0.15, 0.2) is 0 Å². The Hall–Kier alpha value is -2.88. The normalized spacial score (nSPS) is 16.4. The van der Waals surface area contributed by atoms with Gasteiger partial charge in [-0.25, -0.2) is 0 Å². The van der Waals surface area contributed by atoms with Crippen LogP contribution in [0.25, 0.3) is 10.8 Å². The molecule has 1 atom stereocenters. The number of nitrogens with one attached hydrogen (secondary N) is 1. The zero-order valence-electron chi connectivity index (χ0n) is 14.2. The molecule has 4 rings (SSSR count). The summed E-state index contributed by atoms with van der Waals surface area (Å²) in [5.74, 6) is -0.149. The molecule has 4 heteroatoms. The fourth-order valence-corrected chi connectivity index (χ4v) is 3.79. The largest absolute Gasteiger partial charge is 0.333 e. The molecule has 0 radical (unpaired) electrons. The molecule has 1 aliphatic carbocycles. The molecule has 0 fully saturated rings. The van der Waals surface area contributed by atoms with E-state index in [4.69, 9.17) is 0 Å². The number of H-pyrrole nitrogens is 1. The first-order valence-corrected chi connectivity index (χ1v) is 8.62. The standard InChI is InChI=1S/C21H20N2O2/c1-23(19-12-6-9-14-7-2-4-10-16(14)19)21(25)18-13-15-8-3-5-11-17(15)20(24)22-18/h2-5,7-8,10-11,13,19H,6,9,12H2,1H3,(H,22,24)/t19-/m0/s1. The Kier molecular flexibility index (Phi) is 3.88. The summed E-state index contributed by atoms with van der Waals surface area (Å²) in [6, 6.07) is 17.4. The van der Waals surface area contributed by atoms with Crippen LogP contribution < -0.4 is 5.56 Å². The molecule has 2 aromatic carbocycles. The molecule has 1 aliphatic rings. The molecule has 0 unspecified atom stereocenters. The molecule has 25 heavy (non-hydrogen) atoms. The van der Waals surface area contributed by atoms with Crippen LogP contribution in [-0.4, -0.2) is 22.8 Å². The van der Waals surface area contributed by atoms with E-state index < -0.39 is 0 Å². The predicted molar refractivity (Wildman–Crippen MR) is 98.8 cm³/mol. The fourth-order valence-electron chi connectivity index (χ4n) is 3.79. The number of amides is 1. The third-order valence-corrected chi connectivity index (χ3v) is 5.11. The first-order valence-electron chi connectivity index (χ1n) is 8.62. The smallest absolute Gasteiger partial charge is 0.270 e. The maximum atomic E-state index is 13.0. The number of carbonyl (C=O) groups excluding carboxylic acids is 1. The maximum Gasteiger partial charge on any atom is 0.270 e. The molecule has 0 bridgehead atoms. The summed E-state index contributed by atoms with van der Waals surface area (Å²) >= 11 is 0. The highest BCUT2D eigenvalue weighted by Crippen LogP contribution is 2.34. The van der Waals surface area contributed by atoms with Crippen LogP contribution in [0.3, 0.4) is 0 Å². The average Bonchev–Trinajstić information content (AvgIpc) is 2.66. The second-order valence-electron chi connectivity index (χ2n) is 6.62. The van der Waals surface area contributed by atoms with Gasteiger partial charge in [-0.05, 0) is 47.9 Å². The minimum Gasteiger partial charge on any atom is -0.333 e. The van der Waals surface area contributed by atoms with Crippen molar-refractivity contribution in [1.29, 1.82) is 0 Å². The number of carbonyl (C=O) groups is 1. The van der Waals surface area contributed by atoms with Crippen LogP contribution in [0, 0.1) is 0 Å². The number of rotatable bonds is 2. The number of hydrogen-bond acceptors (Lipinski definition) is 2. The highest BCUT2D eigenvalue weighted by molar-refractivity contribution is 5.96. The van der Waals surface area contributed by atoms with Crippen LogP contribution >= 0.6 is 0 Å². The van der Waals surface area contributed by atoms with Gasteiger partial charge in [0.2, 0.25) is 0 Å². The van der Waals surface area contributed by atoms with Crippen molar-refractivity contribution >= 4 is 16.7 Å². The van der Waals surface area contributed by atoms with E-state index in [1.54, 1.807) is 17.0 Å². The lowest BCUT2D eigenvalue weighted by molar-refractivity contribution is 0.0709. The molecule has 1 heterocycles. The molecule has 1 aromatic heterocycles. The number of pyridine rings is 1. The number of aromatic nitrogens is 1. The third kappa shape index (κ3) is 2.74. The van der Waals surface area contributed by atoms with E-state index in [0.29, 0.717) is 11.1 Å². The number of hydrogen-bond donors (Lipinski definition) is 1. The van der Waals surface area contributed by atoms with E-state index >= 15 is 0 Å². The number of aromatic amines is 1. The first kappa shape index (κ1) is 15.6. The topological polar surface area (TPSA) is 53.2 Å². The quantitative estimate of drug-likeness (QED) is 0.778. The second kappa shape index (κ2) is 6.20. The maximum absolute atomic E-state index is 13.0. The molecule has 1 N–H and O–H groups in total. The van der Waals surface area contributed by atoms with Crippen LogP contribution in [0.2, 0.25) is 0 Å². The average molecular weight is 332 g/mol. The van der Waals surface area contributed by atoms with Crippen molar-refractivity contribution in [3.05, 3.63) is 81.8 Å². The Balaban J connectivity index is 1.71. The van der Waals surface area contributed by atoms with Crippen molar-refractivity contribution in [1.82, 2.24) is 9.88 Å². The van der Waals surface area contributed by atoms with Gasteiger partial charge in [0, 0.05) is 12.4 Å². The summed E-state index contributed by atoms with van der Waals surface area (Å²) in [6.45, 7) is 0. The van der Waals surface area contributed by atoms with Crippen molar-refractivity contribution in [3.8, 4) is 0 Å². The lowest BCUT2D eigenvalue weighted by Crippen LogP contribution is -2.34. The van der Waals surface area contributed by atoms with Crippen LogP contribution in [0.1, 0.15) is 40.5 Å². The molecule has 126 valence electrons. The molecule has 1 amide bonds. The highest BCUT2D eigenvalue weighted by atomic mass is 16.2. The van der Waals surface area contributed by atoms with Gasteiger partial charge in [0.1, 0.15) is 5.69 Å². The van der Waals surface area contributed by atoms with Crippen LogP contribution in [0.4, 0.5) is 0 Å². The van der Waals surface area contributed by atoms with Gasteiger partial charge in [0.25, 0.3) is 11.5 Å². The summed E-state index contributed by atoms with van der Waals surface area (Å²) in [7, 11) is 1.82. The predicted octanol–water partition coefficient (Wildman–Crippen LogP) is 3.68. The van der Waals surface area contributed by atoms with Crippen molar-refractivity contribution in [2.45, 2.75) is 25.3 Å². The zero-order chi connectivity index (χ0) is 17.4. The van der Waals surface area contributed by atoms with Gasteiger partial charge in [-0.3, -0.25) is 9.59 Å². The van der Waals surface area contributed by atoms with Crippen molar-refractivity contribution < 1.29 is 4.79 Å². The minimum atomic E-state index is -0.223. The van der Waals surface area contributed by atoms with Gasteiger partial charge in [-0.2, -0.15) is 0 Å². The van der Waals surface area contributed by atoms with Gasteiger partial charge in [0.05, 0.1) is 6.04 Å². The highest BCUT2D eigenvalue weighted by Gasteiger charge is 2.27. The Morgan fingerprint density at radius 2 is 1.88 bits per heavy atom. The SMILES string of the molecule is CN(C(=O)c1cc2ccccc2c(=O)[nH]1)[C@H]1CCCc2ccccc21. The van der Waals surface area contributed by atoms with E-state index in [2.05, 4.69) is 17.1 Å². The van der Waals surface area contributed by atoms with Crippen molar-refractivity contribution in [2.24, 2.45) is 0 Å². The lowest BCUT2D eigenvalue weighted by Gasteiger charge is -2.33. The molecular weight excluding hydrogens is 312 g/mol. The number of fused-ring (bicyclic) bond motifs is 2. The van der Waals surface area contributed by atoms with Gasteiger partial charge in [-0.15, -0.1) is 0 Å². The third-order valence-electron chi connectivity index (χ3n) is 5.11. The van der Waals surface area contributed by atoms with E-state index in [1.165, 1.54) is 11.1 Å². The van der Waals surface area contributed by atoms with E-state index in [9.17, 15) is 9.59 Å². The van der Waals surface area contributed by atoms with Crippen molar-refractivity contribution in [2.75, 3.05) is 7.05 Å². The van der Waals surface area contributed by atoms with E-state index in [0.717, 1.165) is 24.6 Å². The van der Waals surface area contributed by atoms with Crippen LogP contribution in [0.15, 0.2) is 59.4 Å². The first-order chi connectivity index (χ1) is 12.1. The monoisotopic (exact) mass is 332 g/mol. The molecular formula is C21H20N2O2. The summed E-state index contributed by atoms with van der Waals surface area (Å²) in [5.41, 5.74) is 2.64. The molecule has 3 aromatic rings.